The Morgan fingerprint density at radius 3 is 2.24 bits per heavy atom. The summed E-state index contributed by atoms with van der Waals surface area (Å²) in [6.45, 7) is 3.33. The molecule has 4 aliphatic rings. The molecule has 1 saturated heterocycles. The molecule has 3 aliphatic carbocycles. The van der Waals surface area contributed by atoms with E-state index in [0.717, 1.165) is 57.8 Å². The molecule has 2 heterocycles. The molecule has 0 bridgehead atoms. The monoisotopic (exact) mass is 655 g/mol. The summed E-state index contributed by atoms with van der Waals surface area (Å²) in [5, 5.41) is 21.6. The fourth-order valence-corrected chi connectivity index (χ4v) is 9.05. The van der Waals surface area contributed by atoms with Crippen molar-refractivity contribution in [3.63, 3.8) is 0 Å². The van der Waals surface area contributed by atoms with E-state index in [1.807, 2.05) is 0 Å². The van der Waals surface area contributed by atoms with E-state index in [1.165, 1.54) is 35.4 Å². The normalized spacial score (nSPS) is 23.4. The van der Waals surface area contributed by atoms with E-state index in [9.17, 15) is 27.9 Å². The van der Waals surface area contributed by atoms with Gasteiger partial charge in [-0.1, -0.05) is 37.3 Å². The first-order chi connectivity index (χ1) is 21.8. The Labute approximate surface area is 269 Å². The number of amides is 3. The van der Waals surface area contributed by atoms with Gasteiger partial charge in [0.1, 0.15) is 17.7 Å². The number of aromatic nitrogens is 3. The number of carbonyl (C=O) groups is 3. The summed E-state index contributed by atoms with van der Waals surface area (Å²) >= 11 is 0. The molecule has 46 heavy (non-hydrogen) atoms. The van der Waals surface area contributed by atoms with Gasteiger partial charge in [0.15, 0.2) is 0 Å². The van der Waals surface area contributed by atoms with Crippen molar-refractivity contribution in [2.75, 3.05) is 6.54 Å². The Morgan fingerprint density at radius 1 is 1.04 bits per heavy atom. The number of hydrogen-bond acceptors (Lipinski definition) is 8. The molecule has 3 amide bonds. The zero-order valence-electron chi connectivity index (χ0n) is 26.5. The predicted octanol–water partition coefficient (Wildman–Crippen LogP) is 2.22. The van der Waals surface area contributed by atoms with Crippen molar-refractivity contribution in [2.45, 2.75) is 125 Å². The lowest BCUT2D eigenvalue weighted by molar-refractivity contribution is -0.139. The van der Waals surface area contributed by atoms with Gasteiger partial charge >= 0.3 is 0 Å². The second kappa shape index (κ2) is 12.7. The number of aliphatic hydroxyl groups is 1. The van der Waals surface area contributed by atoms with Crippen LogP contribution in [0.1, 0.15) is 107 Å². The summed E-state index contributed by atoms with van der Waals surface area (Å²) in [6, 6.07) is 3.75. The molecule has 0 radical (unpaired) electrons. The highest BCUT2D eigenvalue weighted by molar-refractivity contribution is 7.89. The summed E-state index contributed by atoms with van der Waals surface area (Å²) in [7, 11) is -3.66. The fourth-order valence-electron chi connectivity index (χ4n) is 7.12. The smallest absolute Gasteiger partial charge is 0.251 e. The van der Waals surface area contributed by atoms with Gasteiger partial charge in [0, 0.05) is 30.6 Å². The highest BCUT2D eigenvalue weighted by atomic mass is 32.2. The summed E-state index contributed by atoms with van der Waals surface area (Å²) in [5.41, 5.74) is 5.24. The molecule has 13 nitrogen and oxygen atoms in total. The zero-order valence-corrected chi connectivity index (χ0v) is 27.4. The van der Waals surface area contributed by atoms with Crippen LogP contribution in [0.5, 0.6) is 0 Å². The number of hydrogen-bond donors (Lipinski definition) is 3. The van der Waals surface area contributed by atoms with Crippen LogP contribution < -0.4 is 11.1 Å². The number of primary amides is 1. The van der Waals surface area contributed by atoms with Gasteiger partial charge < -0.3 is 21.1 Å². The van der Waals surface area contributed by atoms with Gasteiger partial charge in [-0.3, -0.25) is 14.4 Å². The van der Waals surface area contributed by atoms with Gasteiger partial charge in [0.25, 0.3) is 5.91 Å². The van der Waals surface area contributed by atoms with Crippen molar-refractivity contribution >= 4 is 27.7 Å². The SMILES string of the molecule is CC(C)(O)c1cnnn1C1CC(C(N)=O)N(C(=O)[C@@H](CC2CCCCC2)NC(=O)c2ccc(S(=O)(=O)N(C3CC3)C3CC3)cc2)C1. The first-order valence-electron chi connectivity index (χ1n) is 16.5. The maximum absolute atomic E-state index is 14.2. The van der Waals surface area contributed by atoms with Crippen LogP contribution in [0.4, 0.5) is 0 Å². The van der Waals surface area contributed by atoms with Crippen LogP contribution in [-0.2, 0) is 25.2 Å². The summed E-state index contributed by atoms with van der Waals surface area (Å²) in [6.07, 6.45) is 10.7. The number of carbonyl (C=O) groups excluding carboxylic acids is 3. The summed E-state index contributed by atoms with van der Waals surface area (Å²) in [5.74, 6) is -1.33. The molecule has 2 aromatic rings. The van der Waals surface area contributed by atoms with Crippen LogP contribution >= 0.6 is 0 Å². The van der Waals surface area contributed by atoms with E-state index in [2.05, 4.69) is 15.6 Å². The Kier molecular flexibility index (Phi) is 8.98. The summed E-state index contributed by atoms with van der Waals surface area (Å²) in [4.78, 5) is 42.0. The number of nitrogens with zero attached hydrogens (tertiary/aromatic N) is 5. The minimum atomic E-state index is -3.66. The number of likely N-dealkylation sites (tertiary alicyclic amines) is 1. The van der Waals surface area contributed by atoms with E-state index in [1.54, 1.807) is 22.8 Å². The average molecular weight is 656 g/mol. The molecule has 4 N–H and O–H groups in total. The second-order valence-corrected chi connectivity index (χ2v) is 15.9. The highest BCUT2D eigenvalue weighted by Crippen LogP contribution is 2.41. The molecular weight excluding hydrogens is 610 g/mol. The molecule has 0 spiro atoms. The van der Waals surface area contributed by atoms with Crippen LogP contribution in [0.3, 0.4) is 0 Å². The van der Waals surface area contributed by atoms with E-state index in [-0.39, 0.29) is 41.4 Å². The lowest BCUT2D eigenvalue weighted by atomic mass is 9.84. The van der Waals surface area contributed by atoms with Crippen LogP contribution in [0.2, 0.25) is 0 Å². The molecule has 14 heteroatoms. The van der Waals surface area contributed by atoms with Crippen LogP contribution in [-0.4, -0.2) is 86.2 Å². The van der Waals surface area contributed by atoms with Gasteiger partial charge in [-0.25, -0.2) is 13.1 Å². The van der Waals surface area contributed by atoms with Crippen molar-refractivity contribution in [1.29, 1.82) is 0 Å². The number of nitrogens with two attached hydrogens (primary N) is 1. The van der Waals surface area contributed by atoms with Crippen molar-refractivity contribution < 1.29 is 27.9 Å². The van der Waals surface area contributed by atoms with Crippen LogP contribution in [0, 0.1) is 5.92 Å². The molecule has 1 aromatic carbocycles. The average Bonchev–Trinajstić information content (AvgIpc) is 3.93. The van der Waals surface area contributed by atoms with Gasteiger partial charge in [-0.2, -0.15) is 4.31 Å². The van der Waals surface area contributed by atoms with E-state index >= 15 is 0 Å². The molecule has 3 atom stereocenters. The Morgan fingerprint density at radius 2 is 1.67 bits per heavy atom. The Bertz CT molecular complexity index is 1540. The van der Waals surface area contributed by atoms with Crippen molar-refractivity contribution in [3.05, 3.63) is 41.7 Å². The molecule has 250 valence electrons. The fraction of sp³-hybridized carbons (Fsp3) is 0.656. The third-order valence-electron chi connectivity index (χ3n) is 9.84. The Hall–Kier alpha value is -3.36. The number of sulfonamides is 1. The molecule has 3 saturated carbocycles. The minimum Gasteiger partial charge on any atom is -0.384 e. The lowest BCUT2D eigenvalue weighted by Gasteiger charge is -2.31. The van der Waals surface area contributed by atoms with E-state index in [0.29, 0.717) is 12.1 Å². The number of nitrogens with one attached hydrogen (secondary N) is 1. The van der Waals surface area contributed by atoms with Crippen molar-refractivity contribution in [2.24, 2.45) is 11.7 Å². The number of benzene rings is 1. The van der Waals surface area contributed by atoms with E-state index < -0.39 is 51.5 Å². The maximum atomic E-state index is 14.2. The third-order valence-corrected chi connectivity index (χ3v) is 11.9. The number of rotatable bonds is 12. The summed E-state index contributed by atoms with van der Waals surface area (Å²) < 4.78 is 30.0. The van der Waals surface area contributed by atoms with Crippen molar-refractivity contribution in [1.82, 2.24) is 29.5 Å². The molecular formula is C32H45N7O6S. The standard InChI is InChI=1S/C32H45N7O6S/c1-32(2,43)28-18-34-36-38(28)24-17-27(29(33)40)37(19-24)31(42)26(16-20-6-4-3-5-7-20)35-30(41)21-8-14-25(15-9-21)46(44,45)39(22-10-11-22)23-12-13-23/h8-9,14-15,18,20,22-24,26-27,43H,3-7,10-13,16-17,19H2,1-2H3,(H2,33,40)(H,35,41)/t24?,26-,27?/m1/s1. The predicted molar refractivity (Wildman–Crippen MR) is 168 cm³/mol. The van der Waals surface area contributed by atoms with Gasteiger partial charge in [0.2, 0.25) is 21.8 Å². The van der Waals surface area contributed by atoms with Crippen LogP contribution in [0.25, 0.3) is 0 Å². The topological polar surface area (TPSA) is 181 Å². The molecule has 4 fully saturated rings. The second-order valence-electron chi connectivity index (χ2n) is 14.0. The quantitative estimate of drug-likeness (QED) is 0.311. The third kappa shape index (κ3) is 6.84. The van der Waals surface area contributed by atoms with Crippen LogP contribution in [0.15, 0.2) is 35.4 Å². The van der Waals surface area contributed by atoms with E-state index in [4.69, 9.17) is 5.73 Å². The van der Waals surface area contributed by atoms with Gasteiger partial charge in [0.05, 0.1) is 22.8 Å². The lowest BCUT2D eigenvalue weighted by Crippen LogP contribution is -2.53. The first-order valence-corrected chi connectivity index (χ1v) is 18.0. The molecule has 6 rings (SSSR count). The van der Waals surface area contributed by atoms with Crippen molar-refractivity contribution in [3.8, 4) is 0 Å². The molecule has 2 unspecified atom stereocenters. The largest absolute Gasteiger partial charge is 0.384 e. The molecule has 1 aliphatic heterocycles. The first kappa shape index (κ1) is 32.6. The zero-order chi connectivity index (χ0) is 32.8. The molecule has 1 aromatic heterocycles. The van der Waals surface area contributed by atoms with Gasteiger partial charge in [-0.15, -0.1) is 5.10 Å². The van der Waals surface area contributed by atoms with Gasteiger partial charge in [-0.05, 0) is 76.1 Å². The highest BCUT2D eigenvalue weighted by Gasteiger charge is 2.47. The maximum Gasteiger partial charge on any atom is 0.251 e. The minimum absolute atomic E-state index is 0.0627. The Balaban J connectivity index is 1.21.